The highest BCUT2D eigenvalue weighted by atomic mass is 79.9. The van der Waals surface area contributed by atoms with Crippen molar-refractivity contribution in [3.8, 4) is 5.75 Å². The molecule has 0 N–H and O–H groups in total. The zero-order valence-corrected chi connectivity index (χ0v) is 10.4. The van der Waals surface area contributed by atoms with Crippen LogP contribution in [0.2, 0.25) is 0 Å². The molecule has 11 heteroatoms. The van der Waals surface area contributed by atoms with Gasteiger partial charge in [-0.05, 0) is 28.1 Å². The van der Waals surface area contributed by atoms with Crippen LogP contribution in [0.1, 0.15) is 11.1 Å². The Labute approximate surface area is 113 Å². The van der Waals surface area contributed by atoms with Crippen LogP contribution in [0, 0.1) is 0 Å². The number of ether oxygens (including phenoxy) is 1. The lowest BCUT2D eigenvalue weighted by Crippen LogP contribution is -2.23. The van der Waals surface area contributed by atoms with Crippen LogP contribution >= 0.6 is 15.9 Å². The van der Waals surface area contributed by atoms with Crippen molar-refractivity contribution in [3.05, 3.63) is 27.7 Å². The van der Waals surface area contributed by atoms with Crippen LogP contribution in [0.3, 0.4) is 0 Å². The molecule has 0 aliphatic heterocycles. The maximum Gasteiger partial charge on any atom is 0.573 e. The van der Waals surface area contributed by atoms with Gasteiger partial charge >= 0.3 is 18.7 Å². The number of alkyl halides is 9. The van der Waals surface area contributed by atoms with Gasteiger partial charge in [0, 0.05) is 0 Å². The number of benzene rings is 1. The topological polar surface area (TPSA) is 9.23 Å². The second-order valence-electron chi connectivity index (χ2n) is 3.34. The molecule has 1 aromatic carbocycles. The first-order chi connectivity index (χ1) is 8.73. The minimum Gasteiger partial charge on any atom is -0.404 e. The van der Waals surface area contributed by atoms with E-state index in [4.69, 9.17) is 0 Å². The maximum absolute atomic E-state index is 12.6. The van der Waals surface area contributed by atoms with Crippen LogP contribution in [-0.4, -0.2) is 6.36 Å². The molecule has 114 valence electrons. The van der Waals surface area contributed by atoms with Gasteiger partial charge < -0.3 is 4.74 Å². The standard InChI is InChI=1S/C9H2BrF9O/c10-4-2-1-3(7(11,12)13)5(8(14,15)16)6(4)20-9(17,18)19/h1-2H. The SMILES string of the molecule is FC(F)(F)Oc1c(Br)ccc(C(F)(F)F)c1C(F)(F)F. The lowest BCUT2D eigenvalue weighted by Gasteiger charge is -2.21. The van der Waals surface area contributed by atoms with Crippen molar-refractivity contribution in [2.24, 2.45) is 0 Å². The van der Waals surface area contributed by atoms with E-state index in [0.29, 0.717) is 6.07 Å². The summed E-state index contributed by atoms with van der Waals surface area (Å²) in [6.45, 7) is 0. The first-order valence-corrected chi connectivity index (χ1v) is 5.25. The average molecular weight is 377 g/mol. The molecule has 0 saturated heterocycles. The summed E-state index contributed by atoms with van der Waals surface area (Å²) >= 11 is 2.30. The second-order valence-corrected chi connectivity index (χ2v) is 4.20. The highest BCUT2D eigenvalue weighted by Gasteiger charge is 2.48. The Hall–Kier alpha value is -1.13. The molecule has 0 fully saturated rings. The summed E-state index contributed by atoms with van der Waals surface area (Å²) in [5.41, 5.74) is -4.82. The van der Waals surface area contributed by atoms with Crippen molar-refractivity contribution in [2.75, 3.05) is 0 Å². The molecule has 0 atom stereocenters. The fourth-order valence-electron chi connectivity index (χ4n) is 1.29. The fraction of sp³-hybridized carbons (Fsp3) is 0.333. The lowest BCUT2D eigenvalue weighted by molar-refractivity contribution is -0.277. The molecule has 0 saturated carbocycles. The Bertz CT molecular complexity index is 500. The molecule has 20 heavy (non-hydrogen) atoms. The van der Waals surface area contributed by atoms with Crippen molar-refractivity contribution < 1.29 is 44.3 Å². The predicted molar refractivity (Wildman–Crippen MR) is 50.8 cm³/mol. The normalized spacial score (nSPS) is 13.5. The van der Waals surface area contributed by atoms with E-state index < -0.39 is 40.1 Å². The van der Waals surface area contributed by atoms with E-state index in [1.807, 2.05) is 0 Å². The van der Waals surface area contributed by atoms with Crippen molar-refractivity contribution >= 4 is 15.9 Å². The molecular weight excluding hydrogens is 375 g/mol. The van der Waals surface area contributed by atoms with E-state index >= 15 is 0 Å². The minimum atomic E-state index is -5.69. The highest BCUT2D eigenvalue weighted by molar-refractivity contribution is 9.10. The molecule has 0 amide bonds. The number of hydrogen-bond acceptors (Lipinski definition) is 1. The van der Waals surface area contributed by atoms with E-state index in [0.717, 1.165) is 0 Å². The molecule has 0 heterocycles. The minimum absolute atomic E-state index is 0.0101. The summed E-state index contributed by atoms with van der Waals surface area (Å²) in [7, 11) is 0. The van der Waals surface area contributed by atoms with Crippen LogP contribution in [0.15, 0.2) is 16.6 Å². The summed E-state index contributed by atoms with van der Waals surface area (Å²) in [6, 6.07) is 0.398. The van der Waals surface area contributed by atoms with E-state index in [2.05, 4.69) is 20.7 Å². The Balaban J connectivity index is 3.64. The molecule has 0 aliphatic rings. The van der Waals surface area contributed by atoms with Crippen LogP contribution in [0.5, 0.6) is 5.75 Å². The second kappa shape index (κ2) is 5.01. The van der Waals surface area contributed by atoms with Crippen molar-refractivity contribution in [2.45, 2.75) is 18.7 Å². The summed E-state index contributed by atoms with van der Waals surface area (Å²) < 4.78 is 114. The zero-order chi connectivity index (χ0) is 15.9. The van der Waals surface area contributed by atoms with Crippen LogP contribution in [0.25, 0.3) is 0 Å². The molecular formula is C9H2BrF9O. The highest BCUT2D eigenvalue weighted by Crippen LogP contribution is 2.48. The lowest BCUT2D eigenvalue weighted by atomic mass is 10.1. The molecule has 0 aromatic heterocycles. The Morgan fingerprint density at radius 3 is 1.65 bits per heavy atom. The summed E-state index contributed by atoms with van der Waals surface area (Å²) in [6.07, 6.45) is -16.8. The van der Waals surface area contributed by atoms with Crippen LogP contribution in [0.4, 0.5) is 39.5 Å². The van der Waals surface area contributed by atoms with Gasteiger partial charge in [-0.15, -0.1) is 13.2 Å². The molecule has 0 bridgehead atoms. The van der Waals surface area contributed by atoms with Crippen molar-refractivity contribution in [1.82, 2.24) is 0 Å². The monoisotopic (exact) mass is 376 g/mol. The molecule has 1 nitrogen and oxygen atoms in total. The van der Waals surface area contributed by atoms with Gasteiger partial charge in [-0.3, -0.25) is 0 Å². The molecule has 0 unspecified atom stereocenters. The number of rotatable bonds is 1. The Morgan fingerprint density at radius 2 is 1.30 bits per heavy atom. The molecule has 0 radical (unpaired) electrons. The number of hydrogen-bond donors (Lipinski definition) is 0. The van der Waals surface area contributed by atoms with Gasteiger partial charge in [0.25, 0.3) is 0 Å². The van der Waals surface area contributed by atoms with Gasteiger partial charge in [-0.1, -0.05) is 0 Å². The fourth-order valence-corrected chi connectivity index (χ4v) is 1.70. The van der Waals surface area contributed by atoms with Crippen LogP contribution in [-0.2, 0) is 12.4 Å². The summed E-state index contributed by atoms with van der Waals surface area (Å²) in [5, 5.41) is 0. The van der Waals surface area contributed by atoms with Gasteiger partial charge in [-0.2, -0.15) is 26.3 Å². The summed E-state index contributed by atoms with van der Waals surface area (Å²) in [4.78, 5) is 0. The van der Waals surface area contributed by atoms with Crippen molar-refractivity contribution in [1.29, 1.82) is 0 Å². The van der Waals surface area contributed by atoms with E-state index in [-0.39, 0.29) is 6.07 Å². The molecule has 0 spiro atoms. The van der Waals surface area contributed by atoms with Crippen molar-refractivity contribution in [3.63, 3.8) is 0 Å². The molecule has 1 aromatic rings. The molecule has 0 aliphatic carbocycles. The third kappa shape index (κ3) is 3.93. The smallest absolute Gasteiger partial charge is 0.404 e. The maximum atomic E-state index is 12.6. The average Bonchev–Trinajstić information content (AvgIpc) is 2.15. The largest absolute Gasteiger partial charge is 0.573 e. The van der Waals surface area contributed by atoms with Gasteiger partial charge in [0.05, 0.1) is 10.0 Å². The quantitative estimate of drug-likeness (QED) is 0.597. The van der Waals surface area contributed by atoms with Crippen LogP contribution < -0.4 is 4.74 Å². The van der Waals surface area contributed by atoms with Gasteiger partial charge in [0.2, 0.25) is 0 Å². The van der Waals surface area contributed by atoms with E-state index in [1.165, 1.54) is 0 Å². The zero-order valence-electron chi connectivity index (χ0n) is 8.84. The Morgan fingerprint density at radius 1 is 0.800 bits per heavy atom. The van der Waals surface area contributed by atoms with Gasteiger partial charge in [0.1, 0.15) is 5.56 Å². The predicted octanol–water partition coefficient (Wildman–Crippen LogP) is 5.39. The third-order valence-electron chi connectivity index (χ3n) is 1.92. The van der Waals surface area contributed by atoms with E-state index in [1.54, 1.807) is 0 Å². The summed E-state index contributed by atoms with van der Waals surface area (Å²) in [5.74, 6) is -1.99. The van der Waals surface area contributed by atoms with E-state index in [9.17, 15) is 39.5 Å². The third-order valence-corrected chi connectivity index (χ3v) is 2.54. The number of halogens is 10. The first-order valence-electron chi connectivity index (χ1n) is 4.46. The van der Waals surface area contributed by atoms with Gasteiger partial charge in [0.15, 0.2) is 5.75 Å². The van der Waals surface area contributed by atoms with Gasteiger partial charge in [-0.25, -0.2) is 0 Å². The molecule has 1 rings (SSSR count). The first kappa shape index (κ1) is 16.9. The Kier molecular flexibility index (Phi) is 4.24.